The van der Waals surface area contributed by atoms with Crippen molar-refractivity contribution >= 4 is 19.9 Å². The fourth-order valence-electron chi connectivity index (χ4n) is 1.46. The summed E-state index contributed by atoms with van der Waals surface area (Å²) in [6, 6.07) is 4.97. The molecular weight excluding hydrogens is 279 g/mol. The summed E-state index contributed by atoms with van der Waals surface area (Å²) in [5, 5.41) is 0.360. The quantitative estimate of drug-likeness (QED) is 0.657. The van der Waals surface area contributed by atoms with Crippen molar-refractivity contribution in [2.45, 2.75) is 51.7 Å². The standard InChI is InChI=1S/C15H24ClFOSi/c1-11(10-18-19(5,6)15(2,3)4)12-7-8-13(16)14(17)9-12/h7-9,11H,10H2,1-6H3/t11-/m0/s1. The van der Waals surface area contributed by atoms with Crippen LogP contribution in [-0.2, 0) is 4.43 Å². The van der Waals surface area contributed by atoms with Crippen molar-refractivity contribution in [3.63, 3.8) is 0 Å². The number of hydrogen-bond donors (Lipinski definition) is 0. The molecule has 0 bridgehead atoms. The maximum absolute atomic E-state index is 13.4. The minimum atomic E-state index is -1.74. The predicted molar refractivity (Wildman–Crippen MR) is 83.0 cm³/mol. The van der Waals surface area contributed by atoms with E-state index >= 15 is 0 Å². The van der Waals surface area contributed by atoms with Crippen molar-refractivity contribution in [3.8, 4) is 0 Å². The zero-order valence-corrected chi connectivity index (χ0v) is 14.4. The van der Waals surface area contributed by atoms with Crippen LogP contribution in [0.3, 0.4) is 0 Å². The van der Waals surface area contributed by atoms with E-state index < -0.39 is 8.32 Å². The Kier molecular flexibility index (Phi) is 5.21. The molecule has 0 radical (unpaired) electrons. The van der Waals surface area contributed by atoms with Crippen LogP contribution in [0.4, 0.5) is 4.39 Å². The first-order chi connectivity index (χ1) is 8.54. The van der Waals surface area contributed by atoms with Crippen molar-refractivity contribution in [2.24, 2.45) is 0 Å². The van der Waals surface area contributed by atoms with E-state index in [1.807, 2.05) is 6.07 Å². The average Bonchev–Trinajstić information content (AvgIpc) is 2.28. The maximum atomic E-state index is 13.4. The van der Waals surface area contributed by atoms with Gasteiger partial charge in [-0.2, -0.15) is 0 Å². The predicted octanol–water partition coefficient (Wildman–Crippen LogP) is 5.60. The van der Waals surface area contributed by atoms with Crippen LogP contribution in [0.5, 0.6) is 0 Å². The van der Waals surface area contributed by atoms with E-state index in [-0.39, 0.29) is 21.8 Å². The monoisotopic (exact) mass is 302 g/mol. The lowest BCUT2D eigenvalue weighted by atomic mass is 10.0. The fraction of sp³-hybridized carbons (Fsp3) is 0.600. The van der Waals surface area contributed by atoms with Crippen LogP contribution in [0.2, 0.25) is 23.2 Å². The first-order valence-corrected chi connectivity index (χ1v) is 9.92. The van der Waals surface area contributed by atoms with E-state index in [1.54, 1.807) is 6.07 Å². The van der Waals surface area contributed by atoms with E-state index in [9.17, 15) is 4.39 Å². The Morgan fingerprint density at radius 3 is 2.37 bits per heavy atom. The van der Waals surface area contributed by atoms with Crippen LogP contribution >= 0.6 is 11.6 Å². The van der Waals surface area contributed by atoms with E-state index in [2.05, 4.69) is 40.8 Å². The Labute approximate surface area is 122 Å². The van der Waals surface area contributed by atoms with Crippen LogP contribution in [0.15, 0.2) is 18.2 Å². The number of benzene rings is 1. The summed E-state index contributed by atoms with van der Waals surface area (Å²) >= 11 is 5.70. The summed E-state index contributed by atoms with van der Waals surface area (Å²) in [6.07, 6.45) is 0. The third-order valence-corrected chi connectivity index (χ3v) is 8.82. The lowest BCUT2D eigenvalue weighted by Gasteiger charge is -2.37. The Morgan fingerprint density at radius 2 is 1.89 bits per heavy atom. The van der Waals surface area contributed by atoms with Crippen molar-refractivity contribution in [1.29, 1.82) is 0 Å². The van der Waals surface area contributed by atoms with Gasteiger partial charge in [-0.25, -0.2) is 4.39 Å². The third-order valence-electron chi connectivity index (χ3n) is 4.01. The van der Waals surface area contributed by atoms with Crippen LogP contribution in [0.1, 0.15) is 39.2 Å². The highest BCUT2D eigenvalue weighted by Crippen LogP contribution is 2.37. The second-order valence-corrected chi connectivity index (χ2v) is 11.9. The molecule has 0 saturated carbocycles. The van der Waals surface area contributed by atoms with Gasteiger partial charge in [0.25, 0.3) is 0 Å². The van der Waals surface area contributed by atoms with Crippen LogP contribution in [0, 0.1) is 5.82 Å². The molecule has 0 aliphatic rings. The molecule has 0 amide bonds. The van der Waals surface area contributed by atoms with Crippen molar-refractivity contribution in [2.75, 3.05) is 6.61 Å². The summed E-state index contributed by atoms with van der Waals surface area (Å²) in [5.74, 6) is -0.195. The molecule has 0 N–H and O–H groups in total. The molecule has 0 saturated heterocycles. The molecule has 0 aliphatic carbocycles. The zero-order valence-electron chi connectivity index (χ0n) is 12.7. The van der Waals surface area contributed by atoms with Crippen molar-refractivity contribution in [1.82, 2.24) is 0 Å². The first kappa shape index (κ1) is 16.7. The van der Waals surface area contributed by atoms with Crippen molar-refractivity contribution < 1.29 is 8.82 Å². The van der Waals surface area contributed by atoms with Gasteiger partial charge < -0.3 is 4.43 Å². The highest BCUT2D eigenvalue weighted by Gasteiger charge is 2.37. The topological polar surface area (TPSA) is 9.23 Å². The van der Waals surface area contributed by atoms with Gasteiger partial charge in [0, 0.05) is 12.5 Å². The summed E-state index contributed by atoms with van der Waals surface area (Å²) in [7, 11) is -1.74. The van der Waals surface area contributed by atoms with Gasteiger partial charge in [0.15, 0.2) is 8.32 Å². The highest BCUT2D eigenvalue weighted by molar-refractivity contribution is 6.74. The Morgan fingerprint density at radius 1 is 1.32 bits per heavy atom. The summed E-state index contributed by atoms with van der Waals surface area (Å²) in [4.78, 5) is 0. The van der Waals surface area contributed by atoms with Gasteiger partial charge in [0.05, 0.1) is 5.02 Å². The molecule has 0 fully saturated rings. The molecule has 0 heterocycles. The molecule has 1 rings (SSSR count). The van der Waals surface area contributed by atoms with E-state index in [0.29, 0.717) is 6.61 Å². The van der Waals surface area contributed by atoms with E-state index in [0.717, 1.165) is 5.56 Å². The fourth-order valence-corrected chi connectivity index (χ4v) is 2.68. The summed E-state index contributed by atoms with van der Waals surface area (Å²) in [5.41, 5.74) is 0.931. The van der Waals surface area contributed by atoms with Gasteiger partial charge in [0.2, 0.25) is 0 Å². The lowest BCUT2D eigenvalue weighted by molar-refractivity contribution is 0.269. The highest BCUT2D eigenvalue weighted by atomic mass is 35.5. The summed E-state index contributed by atoms with van der Waals surface area (Å²) < 4.78 is 19.6. The number of rotatable bonds is 4. The molecule has 0 aliphatic heterocycles. The average molecular weight is 303 g/mol. The van der Waals surface area contributed by atoms with Crippen LogP contribution in [0.25, 0.3) is 0 Å². The largest absolute Gasteiger partial charge is 0.416 e. The number of halogens is 2. The molecule has 19 heavy (non-hydrogen) atoms. The molecule has 1 aromatic carbocycles. The molecule has 4 heteroatoms. The lowest BCUT2D eigenvalue weighted by Crippen LogP contribution is -2.41. The third kappa shape index (κ3) is 4.30. The van der Waals surface area contributed by atoms with Gasteiger partial charge in [-0.3, -0.25) is 0 Å². The minimum Gasteiger partial charge on any atom is -0.416 e. The molecule has 1 nitrogen and oxygen atoms in total. The molecule has 0 aromatic heterocycles. The van der Waals surface area contributed by atoms with Gasteiger partial charge in [0.1, 0.15) is 5.82 Å². The van der Waals surface area contributed by atoms with Gasteiger partial charge in [-0.05, 0) is 35.8 Å². The normalized spacial score (nSPS) is 14.5. The SMILES string of the molecule is C[C@@H](CO[Si](C)(C)C(C)(C)C)c1ccc(Cl)c(F)c1. The van der Waals surface area contributed by atoms with E-state index in [4.69, 9.17) is 16.0 Å². The second-order valence-electron chi connectivity index (χ2n) is 6.65. The zero-order chi connectivity index (χ0) is 14.8. The van der Waals surface area contributed by atoms with Crippen LogP contribution in [-0.4, -0.2) is 14.9 Å². The van der Waals surface area contributed by atoms with Gasteiger partial charge in [-0.1, -0.05) is 45.4 Å². The minimum absolute atomic E-state index is 0.167. The van der Waals surface area contributed by atoms with Gasteiger partial charge in [-0.15, -0.1) is 0 Å². The molecule has 108 valence electrons. The smallest absolute Gasteiger partial charge is 0.192 e. The Bertz CT molecular complexity index is 440. The molecule has 1 atom stereocenters. The van der Waals surface area contributed by atoms with Crippen LogP contribution < -0.4 is 0 Å². The summed E-state index contributed by atoms with van der Waals surface area (Å²) in [6.45, 7) is 13.8. The van der Waals surface area contributed by atoms with Crippen molar-refractivity contribution in [3.05, 3.63) is 34.6 Å². The maximum Gasteiger partial charge on any atom is 0.192 e. The molecule has 1 aromatic rings. The second kappa shape index (κ2) is 5.94. The number of hydrogen-bond acceptors (Lipinski definition) is 1. The Balaban J connectivity index is 2.70. The van der Waals surface area contributed by atoms with Gasteiger partial charge >= 0.3 is 0 Å². The molecule has 0 spiro atoms. The first-order valence-electron chi connectivity index (χ1n) is 6.63. The molecule has 0 unspecified atom stereocenters. The Hall–Kier alpha value is -0.383. The molecular formula is C15H24ClFOSi. The van der Waals surface area contributed by atoms with E-state index in [1.165, 1.54) is 6.07 Å².